The minimum Gasteiger partial charge on any atom is -0.497 e. The van der Waals surface area contributed by atoms with Gasteiger partial charge in [-0.25, -0.2) is 0 Å². The number of hydrogen-bond acceptors (Lipinski definition) is 5. The molecule has 138 valence electrons. The number of carbonyl (C=O) groups is 2. The molecule has 1 heterocycles. The van der Waals surface area contributed by atoms with E-state index in [9.17, 15) is 9.59 Å². The van der Waals surface area contributed by atoms with Crippen LogP contribution in [0.5, 0.6) is 11.5 Å². The number of aryl methyl sites for hydroxylation is 1. The molecule has 0 bridgehead atoms. The molecule has 2 N–H and O–H groups in total. The van der Waals surface area contributed by atoms with Gasteiger partial charge in [0.2, 0.25) is 0 Å². The van der Waals surface area contributed by atoms with Gasteiger partial charge in [0.1, 0.15) is 18.1 Å². The molecule has 0 saturated heterocycles. The van der Waals surface area contributed by atoms with Crippen LogP contribution in [0.25, 0.3) is 11.1 Å². The van der Waals surface area contributed by atoms with Crippen LogP contribution in [0.1, 0.15) is 32.2 Å². The fraction of sp³-hybridized carbons (Fsp3) is 0.143. The summed E-state index contributed by atoms with van der Waals surface area (Å²) in [5.41, 5.74) is 8.94. The van der Waals surface area contributed by atoms with E-state index in [-0.39, 0.29) is 18.1 Å². The predicted octanol–water partition coefficient (Wildman–Crippen LogP) is 3.75. The number of ether oxygens (including phenoxy) is 2. The molecule has 6 heteroatoms. The molecule has 0 atom stereocenters. The molecule has 3 rings (SSSR count). The van der Waals surface area contributed by atoms with Crippen LogP contribution >= 0.6 is 0 Å². The maximum atomic E-state index is 11.4. The highest BCUT2D eigenvalue weighted by Crippen LogP contribution is 2.28. The summed E-state index contributed by atoms with van der Waals surface area (Å²) in [5, 5.41) is 0. The zero-order valence-electron chi connectivity index (χ0n) is 15.0. The van der Waals surface area contributed by atoms with Gasteiger partial charge in [-0.2, -0.15) is 0 Å². The third-order valence-electron chi connectivity index (χ3n) is 4.16. The Kier molecular flexibility index (Phi) is 5.26. The highest BCUT2D eigenvalue weighted by Gasteiger charge is 2.16. The molecule has 0 aliphatic carbocycles. The summed E-state index contributed by atoms with van der Waals surface area (Å²) in [5.74, 6) is 0.660. The van der Waals surface area contributed by atoms with Crippen molar-refractivity contribution >= 4 is 12.2 Å². The molecular formula is C21H19NO5. The molecule has 1 amide bonds. The molecule has 2 aromatic carbocycles. The first kappa shape index (κ1) is 18.3. The third kappa shape index (κ3) is 4.00. The van der Waals surface area contributed by atoms with Crippen molar-refractivity contribution in [1.82, 2.24) is 0 Å². The highest BCUT2D eigenvalue weighted by atomic mass is 16.5. The zero-order chi connectivity index (χ0) is 19.4. The third-order valence-corrected chi connectivity index (χ3v) is 4.16. The van der Waals surface area contributed by atoms with E-state index >= 15 is 0 Å². The van der Waals surface area contributed by atoms with Crippen molar-refractivity contribution in [3.63, 3.8) is 0 Å². The zero-order valence-corrected chi connectivity index (χ0v) is 15.0. The maximum absolute atomic E-state index is 11.4. The van der Waals surface area contributed by atoms with Crippen LogP contribution in [-0.4, -0.2) is 19.3 Å². The van der Waals surface area contributed by atoms with E-state index in [0.717, 1.165) is 22.4 Å². The summed E-state index contributed by atoms with van der Waals surface area (Å²) in [6.45, 7) is 2.09. The smallest absolute Gasteiger partial charge is 0.284 e. The normalized spacial score (nSPS) is 10.4. The SMILES string of the molecule is COc1ccc(-c2ccc(OCc3cc(C=O)oc3C(N)=O)cc2)c(C)c1. The number of hydrogen-bond donors (Lipinski definition) is 1. The molecule has 6 nitrogen and oxygen atoms in total. The van der Waals surface area contributed by atoms with Crippen LogP contribution in [0.15, 0.2) is 52.9 Å². The molecule has 0 saturated carbocycles. The molecule has 0 aliphatic rings. The molecular weight excluding hydrogens is 346 g/mol. The molecule has 3 aromatic rings. The number of methoxy groups -OCH3 is 1. The first-order chi connectivity index (χ1) is 13.0. The number of rotatable bonds is 7. The van der Waals surface area contributed by atoms with Gasteiger partial charge in [-0.05, 0) is 53.9 Å². The minimum absolute atomic E-state index is 0.0349. The molecule has 27 heavy (non-hydrogen) atoms. The lowest BCUT2D eigenvalue weighted by atomic mass is 10.0. The summed E-state index contributed by atoms with van der Waals surface area (Å²) in [7, 11) is 1.64. The van der Waals surface area contributed by atoms with Crippen LogP contribution in [0, 0.1) is 6.92 Å². The average Bonchev–Trinajstić information content (AvgIpc) is 3.10. The number of nitrogens with two attached hydrogens (primary N) is 1. The first-order valence-corrected chi connectivity index (χ1v) is 8.27. The van der Waals surface area contributed by atoms with Crippen LogP contribution in [0.3, 0.4) is 0 Å². The minimum atomic E-state index is -0.743. The molecule has 0 radical (unpaired) electrons. The lowest BCUT2D eigenvalue weighted by Gasteiger charge is -2.10. The molecule has 1 aromatic heterocycles. The largest absolute Gasteiger partial charge is 0.497 e. The van der Waals surface area contributed by atoms with Crippen LogP contribution in [0.2, 0.25) is 0 Å². The van der Waals surface area contributed by atoms with Crippen LogP contribution in [0.4, 0.5) is 0 Å². The Balaban J connectivity index is 1.74. The number of carbonyl (C=O) groups excluding carboxylic acids is 2. The second-order valence-electron chi connectivity index (χ2n) is 5.98. The summed E-state index contributed by atoms with van der Waals surface area (Å²) in [4.78, 5) is 22.2. The quantitative estimate of drug-likeness (QED) is 0.644. The van der Waals surface area contributed by atoms with Gasteiger partial charge in [-0.3, -0.25) is 9.59 Å². The number of amides is 1. The van der Waals surface area contributed by atoms with Gasteiger partial charge < -0.3 is 19.6 Å². The second kappa shape index (κ2) is 7.78. The van der Waals surface area contributed by atoms with Gasteiger partial charge in [-0.15, -0.1) is 0 Å². The van der Waals surface area contributed by atoms with E-state index in [1.165, 1.54) is 6.07 Å². The summed E-state index contributed by atoms with van der Waals surface area (Å²) < 4.78 is 16.0. The molecule has 0 spiro atoms. The van der Waals surface area contributed by atoms with Gasteiger partial charge in [0.25, 0.3) is 5.91 Å². The average molecular weight is 365 g/mol. The Morgan fingerprint density at radius 3 is 2.41 bits per heavy atom. The summed E-state index contributed by atoms with van der Waals surface area (Å²) in [6, 6.07) is 14.9. The van der Waals surface area contributed by atoms with E-state index in [1.54, 1.807) is 7.11 Å². The van der Waals surface area contributed by atoms with Crippen molar-refractivity contribution in [1.29, 1.82) is 0 Å². The molecule has 0 aliphatic heterocycles. The van der Waals surface area contributed by atoms with Crippen molar-refractivity contribution in [3.05, 3.63) is 71.2 Å². The fourth-order valence-corrected chi connectivity index (χ4v) is 2.80. The predicted molar refractivity (Wildman–Crippen MR) is 100 cm³/mol. The monoisotopic (exact) mass is 365 g/mol. The van der Waals surface area contributed by atoms with Crippen LogP contribution < -0.4 is 15.2 Å². The van der Waals surface area contributed by atoms with Gasteiger partial charge in [-0.1, -0.05) is 18.2 Å². The van der Waals surface area contributed by atoms with Crippen molar-refractivity contribution < 1.29 is 23.5 Å². The first-order valence-electron chi connectivity index (χ1n) is 8.27. The standard InChI is InChI=1S/C21H19NO5/c1-13-9-17(25-2)7-8-19(13)14-3-5-16(6-4-14)26-12-15-10-18(11-23)27-20(15)21(22)24/h3-11H,12H2,1-2H3,(H2,22,24). The Bertz CT molecular complexity index is 973. The Morgan fingerprint density at radius 1 is 1.11 bits per heavy atom. The Morgan fingerprint density at radius 2 is 1.81 bits per heavy atom. The van der Waals surface area contributed by atoms with Gasteiger partial charge in [0.15, 0.2) is 17.8 Å². The van der Waals surface area contributed by atoms with Crippen molar-refractivity contribution in [2.75, 3.05) is 7.11 Å². The maximum Gasteiger partial charge on any atom is 0.284 e. The topological polar surface area (TPSA) is 91.8 Å². The lowest BCUT2D eigenvalue weighted by Crippen LogP contribution is -2.12. The summed E-state index contributed by atoms with van der Waals surface area (Å²) in [6.07, 6.45) is 0.516. The van der Waals surface area contributed by atoms with E-state index in [0.29, 0.717) is 17.6 Å². The number of benzene rings is 2. The van der Waals surface area contributed by atoms with Crippen molar-refractivity contribution in [3.8, 4) is 22.6 Å². The van der Waals surface area contributed by atoms with Crippen LogP contribution in [-0.2, 0) is 6.61 Å². The van der Waals surface area contributed by atoms with E-state index in [4.69, 9.17) is 19.6 Å². The van der Waals surface area contributed by atoms with Crippen molar-refractivity contribution in [2.45, 2.75) is 13.5 Å². The fourth-order valence-electron chi connectivity index (χ4n) is 2.80. The van der Waals surface area contributed by atoms with E-state index < -0.39 is 5.91 Å². The van der Waals surface area contributed by atoms with E-state index in [2.05, 4.69) is 0 Å². The highest BCUT2D eigenvalue weighted by molar-refractivity contribution is 5.92. The van der Waals surface area contributed by atoms with Gasteiger partial charge >= 0.3 is 0 Å². The summed E-state index contributed by atoms with van der Waals surface area (Å²) >= 11 is 0. The van der Waals surface area contributed by atoms with E-state index in [1.807, 2.05) is 49.4 Å². The molecule has 0 unspecified atom stereocenters. The van der Waals surface area contributed by atoms with Gasteiger partial charge in [0, 0.05) is 5.56 Å². The number of furan rings is 1. The van der Waals surface area contributed by atoms with Crippen molar-refractivity contribution in [2.24, 2.45) is 5.73 Å². The number of primary amides is 1. The van der Waals surface area contributed by atoms with Gasteiger partial charge in [0.05, 0.1) is 7.11 Å². The second-order valence-corrected chi connectivity index (χ2v) is 5.98. The number of aldehydes is 1. The Labute approximate surface area is 156 Å². The Hall–Kier alpha value is -3.54. The molecule has 0 fully saturated rings. The lowest BCUT2D eigenvalue weighted by molar-refractivity contribution is 0.0967.